The molecule has 1 aliphatic heterocycles. The van der Waals surface area contributed by atoms with Crippen molar-refractivity contribution < 1.29 is 0 Å². The van der Waals surface area contributed by atoms with Gasteiger partial charge in [-0.3, -0.25) is 0 Å². The van der Waals surface area contributed by atoms with Crippen LogP contribution in [0.4, 0.5) is 11.4 Å². The van der Waals surface area contributed by atoms with Crippen LogP contribution in [0.15, 0.2) is 44.8 Å². The zero-order chi connectivity index (χ0) is 8.67. The van der Waals surface area contributed by atoms with Crippen LogP contribution in [0.25, 0.3) is 0 Å². The molecule has 0 fully saturated rings. The van der Waals surface area contributed by atoms with Gasteiger partial charge in [-0.05, 0) is 12.1 Å². The van der Waals surface area contributed by atoms with Gasteiger partial charge in [-0.15, -0.1) is 11.3 Å². The lowest BCUT2D eigenvalue weighted by molar-refractivity contribution is 1.35. The SMILES string of the molecule is c1ccc2c(c1)Nc1cscc1S2. The lowest BCUT2D eigenvalue weighted by atomic mass is 10.3. The van der Waals surface area contributed by atoms with Crippen LogP contribution in [0.5, 0.6) is 0 Å². The smallest absolute Gasteiger partial charge is 0.0635 e. The maximum atomic E-state index is 3.41. The van der Waals surface area contributed by atoms with E-state index in [-0.39, 0.29) is 0 Å². The Kier molecular flexibility index (Phi) is 1.60. The monoisotopic (exact) mass is 205 g/mol. The Hall–Kier alpha value is -0.930. The number of anilines is 2. The highest BCUT2D eigenvalue weighted by Gasteiger charge is 2.14. The summed E-state index contributed by atoms with van der Waals surface area (Å²) in [6, 6.07) is 8.39. The lowest BCUT2D eigenvalue weighted by Gasteiger charge is -2.16. The summed E-state index contributed by atoms with van der Waals surface area (Å²) in [4.78, 5) is 2.65. The lowest BCUT2D eigenvalue weighted by Crippen LogP contribution is -1.96. The van der Waals surface area contributed by atoms with Gasteiger partial charge in [0.25, 0.3) is 0 Å². The zero-order valence-corrected chi connectivity index (χ0v) is 8.41. The number of para-hydroxylation sites is 1. The van der Waals surface area contributed by atoms with Crippen LogP contribution in [0.2, 0.25) is 0 Å². The van der Waals surface area contributed by atoms with E-state index < -0.39 is 0 Å². The molecule has 0 unspecified atom stereocenters. The summed E-state index contributed by atoms with van der Waals surface area (Å²) in [6.45, 7) is 0. The van der Waals surface area contributed by atoms with Crippen molar-refractivity contribution in [1.29, 1.82) is 0 Å². The third-order valence-corrected chi connectivity index (χ3v) is 4.03. The van der Waals surface area contributed by atoms with Crippen molar-refractivity contribution in [2.75, 3.05) is 5.32 Å². The Balaban J connectivity index is 2.14. The Morgan fingerprint density at radius 2 is 1.85 bits per heavy atom. The molecule has 0 bridgehead atoms. The molecule has 0 saturated heterocycles. The quantitative estimate of drug-likeness (QED) is 0.596. The predicted molar refractivity (Wildman–Crippen MR) is 58.2 cm³/mol. The normalized spacial score (nSPS) is 12.9. The number of fused-ring (bicyclic) bond motifs is 2. The molecular weight excluding hydrogens is 198 g/mol. The van der Waals surface area contributed by atoms with Crippen LogP contribution < -0.4 is 5.32 Å². The van der Waals surface area contributed by atoms with E-state index >= 15 is 0 Å². The van der Waals surface area contributed by atoms with E-state index in [0.29, 0.717) is 0 Å². The molecule has 0 atom stereocenters. The Labute approximate surface area is 84.8 Å². The van der Waals surface area contributed by atoms with Crippen molar-refractivity contribution in [3.05, 3.63) is 35.0 Å². The van der Waals surface area contributed by atoms with E-state index in [1.54, 1.807) is 11.3 Å². The number of hydrogen-bond acceptors (Lipinski definition) is 3. The van der Waals surface area contributed by atoms with Crippen LogP contribution >= 0.6 is 23.1 Å². The first-order valence-electron chi connectivity index (χ1n) is 4.03. The highest BCUT2D eigenvalue weighted by molar-refractivity contribution is 7.99. The van der Waals surface area contributed by atoms with E-state index in [2.05, 4.69) is 40.3 Å². The van der Waals surface area contributed by atoms with Gasteiger partial charge in [-0.1, -0.05) is 23.9 Å². The molecule has 0 radical (unpaired) electrons. The van der Waals surface area contributed by atoms with Crippen molar-refractivity contribution in [3.8, 4) is 0 Å². The summed E-state index contributed by atoms with van der Waals surface area (Å²) >= 11 is 3.58. The first-order valence-corrected chi connectivity index (χ1v) is 5.79. The molecule has 1 aromatic heterocycles. The molecule has 64 valence electrons. The van der Waals surface area contributed by atoms with Gasteiger partial charge in [0.15, 0.2) is 0 Å². The van der Waals surface area contributed by atoms with Gasteiger partial charge in [0, 0.05) is 20.6 Å². The third kappa shape index (κ3) is 1.16. The van der Waals surface area contributed by atoms with E-state index in [4.69, 9.17) is 0 Å². The fourth-order valence-electron chi connectivity index (χ4n) is 1.38. The third-order valence-electron chi connectivity index (χ3n) is 2.00. The van der Waals surface area contributed by atoms with Gasteiger partial charge >= 0.3 is 0 Å². The van der Waals surface area contributed by atoms with Crippen LogP contribution in [0.1, 0.15) is 0 Å². The van der Waals surface area contributed by atoms with E-state index in [1.165, 1.54) is 21.2 Å². The van der Waals surface area contributed by atoms with Crippen molar-refractivity contribution in [3.63, 3.8) is 0 Å². The van der Waals surface area contributed by atoms with Gasteiger partial charge in [0.2, 0.25) is 0 Å². The summed E-state index contributed by atoms with van der Waals surface area (Å²) in [7, 11) is 0. The summed E-state index contributed by atoms with van der Waals surface area (Å²) in [6.07, 6.45) is 0. The molecule has 1 aliphatic rings. The van der Waals surface area contributed by atoms with Crippen LogP contribution in [0, 0.1) is 0 Å². The Morgan fingerprint density at radius 1 is 0.923 bits per heavy atom. The predicted octanol–water partition coefficient (Wildman–Crippen LogP) is 3.96. The number of thiophene rings is 1. The molecule has 0 amide bonds. The first kappa shape index (κ1) is 7.47. The summed E-state index contributed by atoms with van der Waals surface area (Å²) in [5, 5.41) is 7.74. The molecular formula is C10H7NS2. The second-order valence-electron chi connectivity index (χ2n) is 2.87. The molecule has 1 aromatic carbocycles. The molecule has 0 saturated carbocycles. The van der Waals surface area contributed by atoms with Gasteiger partial charge in [0.1, 0.15) is 0 Å². The highest BCUT2D eigenvalue weighted by Crippen LogP contribution is 2.45. The van der Waals surface area contributed by atoms with E-state index in [0.717, 1.165) is 0 Å². The zero-order valence-electron chi connectivity index (χ0n) is 6.78. The molecule has 2 heterocycles. The minimum absolute atomic E-state index is 1.22. The molecule has 1 nitrogen and oxygen atoms in total. The average Bonchev–Trinajstić information content (AvgIpc) is 2.61. The fraction of sp³-hybridized carbons (Fsp3) is 0. The van der Waals surface area contributed by atoms with Gasteiger partial charge in [-0.25, -0.2) is 0 Å². The summed E-state index contributed by atoms with van der Waals surface area (Å²) < 4.78 is 0. The fourth-order valence-corrected chi connectivity index (χ4v) is 3.28. The maximum absolute atomic E-state index is 3.41. The van der Waals surface area contributed by atoms with Crippen molar-refractivity contribution in [2.45, 2.75) is 9.79 Å². The molecule has 2 aromatic rings. The number of nitrogens with one attached hydrogen (secondary N) is 1. The Morgan fingerprint density at radius 3 is 2.85 bits per heavy atom. The molecule has 0 aliphatic carbocycles. The molecule has 3 heteroatoms. The number of hydrogen-bond donors (Lipinski definition) is 1. The second-order valence-corrected chi connectivity index (χ2v) is 4.70. The molecule has 0 spiro atoms. The van der Waals surface area contributed by atoms with Crippen molar-refractivity contribution in [2.24, 2.45) is 0 Å². The van der Waals surface area contributed by atoms with Crippen LogP contribution in [-0.2, 0) is 0 Å². The summed E-state index contributed by atoms with van der Waals surface area (Å²) in [5.41, 5.74) is 2.46. The number of rotatable bonds is 0. The van der Waals surface area contributed by atoms with E-state index in [9.17, 15) is 0 Å². The highest BCUT2D eigenvalue weighted by atomic mass is 32.2. The Bertz CT molecular complexity index is 408. The molecule has 1 N–H and O–H groups in total. The maximum Gasteiger partial charge on any atom is 0.0635 e. The van der Waals surface area contributed by atoms with Crippen molar-refractivity contribution >= 4 is 34.5 Å². The van der Waals surface area contributed by atoms with Crippen molar-refractivity contribution in [1.82, 2.24) is 0 Å². The number of benzene rings is 1. The topological polar surface area (TPSA) is 12.0 Å². The van der Waals surface area contributed by atoms with Crippen LogP contribution in [0.3, 0.4) is 0 Å². The minimum atomic E-state index is 1.22. The largest absolute Gasteiger partial charge is 0.353 e. The first-order chi connectivity index (χ1) is 6.43. The van der Waals surface area contributed by atoms with E-state index in [1.807, 2.05) is 11.8 Å². The second kappa shape index (κ2) is 2.79. The van der Waals surface area contributed by atoms with Gasteiger partial charge in [0.05, 0.1) is 11.4 Å². The average molecular weight is 205 g/mol. The van der Waals surface area contributed by atoms with Gasteiger partial charge < -0.3 is 5.32 Å². The molecule has 3 rings (SSSR count). The minimum Gasteiger partial charge on any atom is -0.353 e. The standard InChI is InChI=1S/C10H7NS2/c1-2-4-9-7(3-1)11-8-5-12-6-10(8)13-9/h1-6,11H. The molecule has 13 heavy (non-hydrogen) atoms. The van der Waals surface area contributed by atoms with Gasteiger partial charge in [-0.2, -0.15) is 0 Å². The summed E-state index contributed by atoms with van der Waals surface area (Å²) in [5.74, 6) is 0. The van der Waals surface area contributed by atoms with Crippen LogP contribution in [-0.4, -0.2) is 0 Å².